The van der Waals surface area contributed by atoms with E-state index >= 15 is 0 Å². The first-order valence-corrected chi connectivity index (χ1v) is 9.13. The van der Waals surface area contributed by atoms with Crippen molar-refractivity contribution in [2.24, 2.45) is 4.99 Å². The van der Waals surface area contributed by atoms with Gasteiger partial charge in [0.05, 0.1) is 20.3 Å². The van der Waals surface area contributed by atoms with Gasteiger partial charge in [0, 0.05) is 25.4 Å². The van der Waals surface area contributed by atoms with Crippen molar-refractivity contribution >= 4 is 5.96 Å². The molecule has 0 bridgehead atoms. The van der Waals surface area contributed by atoms with E-state index in [2.05, 4.69) is 25.3 Å². The van der Waals surface area contributed by atoms with E-state index < -0.39 is 12.8 Å². The van der Waals surface area contributed by atoms with Crippen molar-refractivity contribution in [2.45, 2.75) is 32.8 Å². The molecule has 0 aliphatic carbocycles. The van der Waals surface area contributed by atoms with Crippen molar-refractivity contribution in [3.05, 3.63) is 59.3 Å². The highest BCUT2D eigenvalue weighted by molar-refractivity contribution is 5.79. The second-order valence-corrected chi connectivity index (χ2v) is 6.18. The summed E-state index contributed by atoms with van der Waals surface area (Å²) >= 11 is 0. The molecule has 2 aromatic rings. The molecular formula is C20H25F3N4O2. The van der Waals surface area contributed by atoms with Crippen LogP contribution in [0.1, 0.15) is 23.6 Å². The number of alkyl halides is 3. The highest BCUT2D eigenvalue weighted by Gasteiger charge is 2.27. The number of hydrogen-bond acceptors (Lipinski definition) is 4. The molecule has 2 rings (SSSR count). The molecule has 0 amide bonds. The van der Waals surface area contributed by atoms with E-state index in [4.69, 9.17) is 4.74 Å². The van der Waals surface area contributed by atoms with Crippen LogP contribution in [-0.2, 0) is 24.4 Å². The lowest BCUT2D eigenvalue weighted by Crippen LogP contribution is -2.36. The molecule has 1 aromatic carbocycles. The third-order valence-electron chi connectivity index (χ3n) is 3.79. The zero-order chi connectivity index (χ0) is 21.1. The first kappa shape index (κ1) is 22.5. The summed E-state index contributed by atoms with van der Waals surface area (Å²) in [6, 6.07) is 10.9. The van der Waals surface area contributed by atoms with Gasteiger partial charge in [-0.1, -0.05) is 30.3 Å². The third kappa shape index (κ3) is 8.82. The van der Waals surface area contributed by atoms with Crippen LogP contribution in [-0.4, -0.2) is 37.4 Å². The number of guanidine groups is 1. The fraction of sp³-hybridized carbons (Fsp3) is 0.400. The van der Waals surface area contributed by atoms with Gasteiger partial charge in [0.15, 0.2) is 5.96 Å². The predicted molar refractivity (Wildman–Crippen MR) is 105 cm³/mol. The molecule has 158 valence electrons. The summed E-state index contributed by atoms with van der Waals surface area (Å²) in [6.45, 7) is 2.35. The summed E-state index contributed by atoms with van der Waals surface area (Å²) in [4.78, 5) is 8.68. The van der Waals surface area contributed by atoms with Crippen LogP contribution in [0.25, 0.3) is 0 Å². The van der Waals surface area contributed by atoms with E-state index in [1.54, 1.807) is 31.5 Å². The van der Waals surface area contributed by atoms with Gasteiger partial charge in [-0.15, -0.1) is 0 Å². The van der Waals surface area contributed by atoms with E-state index in [0.29, 0.717) is 37.0 Å². The van der Waals surface area contributed by atoms with Gasteiger partial charge in [0.2, 0.25) is 5.88 Å². The van der Waals surface area contributed by atoms with Crippen LogP contribution in [0, 0.1) is 0 Å². The summed E-state index contributed by atoms with van der Waals surface area (Å²) in [6.07, 6.45) is -2.60. The number of benzene rings is 1. The Morgan fingerprint density at radius 1 is 1.03 bits per heavy atom. The molecule has 9 heteroatoms. The van der Waals surface area contributed by atoms with Gasteiger partial charge in [-0.2, -0.15) is 13.2 Å². The van der Waals surface area contributed by atoms with Gasteiger partial charge in [0.1, 0.15) is 6.61 Å². The van der Waals surface area contributed by atoms with Crippen LogP contribution < -0.4 is 15.4 Å². The Labute approximate surface area is 168 Å². The number of nitrogens with zero attached hydrogens (tertiary/aromatic N) is 2. The van der Waals surface area contributed by atoms with E-state index in [1.807, 2.05) is 25.1 Å². The Balaban J connectivity index is 1.85. The zero-order valence-corrected chi connectivity index (χ0v) is 16.4. The standard InChI is InChI=1S/C20H25F3N4O2/c1-3-24-19(27-12-17-8-9-18(28-2)25-11-17)26-10-15-4-6-16(7-5-15)13-29-14-20(21,22)23/h4-9,11H,3,10,12-14H2,1-2H3,(H2,24,26,27). The lowest BCUT2D eigenvalue weighted by atomic mass is 10.1. The topological polar surface area (TPSA) is 67.8 Å². The minimum atomic E-state index is -4.31. The fourth-order valence-corrected chi connectivity index (χ4v) is 2.36. The van der Waals surface area contributed by atoms with Crippen molar-refractivity contribution in [3.8, 4) is 5.88 Å². The van der Waals surface area contributed by atoms with Gasteiger partial charge >= 0.3 is 6.18 Å². The molecule has 0 atom stereocenters. The van der Waals surface area contributed by atoms with Gasteiger partial charge in [0.25, 0.3) is 0 Å². The second kappa shape index (κ2) is 11.3. The number of rotatable bonds is 9. The molecule has 0 aliphatic rings. The lowest BCUT2D eigenvalue weighted by molar-refractivity contribution is -0.176. The van der Waals surface area contributed by atoms with Gasteiger partial charge < -0.3 is 20.1 Å². The molecule has 29 heavy (non-hydrogen) atoms. The first-order chi connectivity index (χ1) is 13.9. The molecule has 1 heterocycles. The van der Waals surface area contributed by atoms with E-state index in [-0.39, 0.29) is 6.61 Å². The molecule has 0 spiro atoms. The fourth-order valence-electron chi connectivity index (χ4n) is 2.36. The second-order valence-electron chi connectivity index (χ2n) is 6.18. The third-order valence-corrected chi connectivity index (χ3v) is 3.79. The van der Waals surface area contributed by atoms with Gasteiger partial charge in [-0.05, 0) is 23.6 Å². The normalized spacial score (nSPS) is 12.0. The quantitative estimate of drug-likeness (QED) is 0.490. The van der Waals surface area contributed by atoms with Crippen molar-refractivity contribution < 1.29 is 22.6 Å². The van der Waals surface area contributed by atoms with Crippen LogP contribution in [0.4, 0.5) is 13.2 Å². The number of aromatic nitrogens is 1. The summed E-state index contributed by atoms with van der Waals surface area (Å²) < 4.78 is 46.0. The van der Waals surface area contributed by atoms with Crippen molar-refractivity contribution in [2.75, 3.05) is 20.3 Å². The Kier molecular flexibility index (Phi) is 8.72. The Morgan fingerprint density at radius 3 is 2.31 bits per heavy atom. The van der Waals surface area contributed by atoms with Crippen LogP contribution in [0.15, 0.2) is 47.6 Å². The molecule has 0 saturated heterocycles. The van der Waals surface area contributed by atoms with Crippen molar-refractivity contribution in [1.82, 2.24) is 15.6 Å². The predicted octanol–water partition coefficient (Wildman–Crippen LogP) is 3.42. The summed E-state index contributed by atoms with van der Waals surface area (Å²) in [5.41, 5.74) is 2.61. The van der Waals surface area contributed by atoms with Crippen LogP contribution in [0.5, 0.6) is 5.88 Å². The summed E-state index contributed by atoms with van der Waals surface area (Å²) in [5, 5.41) is 6.39. The lowest BCUT2D eigenvalue weighted by Gasteiger charge is -2.12. The number of ether oxygens (including phenoxy) is 2. The smallest absolute Gasteiger partial charge is 0.411 e. The minimum Gasteiger partial charge on any atom is -0.481 e. The van der Waals surface area contributed by atoms with Crippen LogP contribution in [0.2, 0.25) is 0 Å². The van der Waals surface area contributed by atoms with E-state index in [1.165, 1.54) is 0 Å². The molecule has 0 saturated carbocycles. The van der Waals surface area contributed by atoms with Gasteiger partial charge in [-0.3, -0.25) is 0 Å². The Hall–Kier alpha value is -2.81. The van der Waals surface area contributed by atoms with Crippen molar-refractivity contribution in [3.63, 3.8) is 0 Å². The molecule has 0 fully saturated rings. The summed E-state index contributed by atoms with van der Waals surface area (Å²) in [5.74, 6) is 1.20. The minimum absolute atomic E-state index is 0.0762. The van der Waals surface area contributed by atoms with Gasteiger partial charge in [-0.25, -0.2) is 9.98 Å². The zero-order valence-electron chi connectivity index (χ0n) is 16.4. The van der Waals surface area contributed by atoms with E-state index in [9.17, 15) is 13.2 Å². The molecule has 0 unspecified atom stereocenters. The highest BCUT2D eigenvalue weighted by Crippen LogP contribution is 2.16. The molecule has 2 N–H and O–H groups in total. The average molecular weight is 410 g/mol. The highest BCUT2D eigenvalue weighted by atomic mass is 19.4. The maximum absolute atomic E-state index is 12.1. The SMILES string of the molecule is CCNC(=NCc1ccc(OC)nc1)NCc1ccc(COCC(F)(F)F)cc1. The molecular weight excluding hydrogens is 385 g/mol. The number of methoxy groups -OCH3 is 1. The number of hydrogen-bond donors (Lipinski definition) is 2. The Bertz CT molecular complexity index is 763. The molecule has 6 nitrogen and oxygen atoms in total. The molecule has 0 aliphatic heterocycles. The van der Waals surface area contributed by atoms with E-state index in [0.717, 1.165) is 11.1 Å². The monoisotopic (exact) mass is 410 g/mol. The van der Waals surface area contributed by atoms with Crippen molar-refractivity contribution in [1.29, 1.82) is 0 Å². The maximum atomic E-state index is 12.1. The van der Waals surface area contributed by atoms with Crippen LogP contribution in [0.3, 0.4) is 0 Å². The maximum Gasteiger partial charge on any atom is 0.411 e. The number of aliphatic imine (C=N–C) groups is 1. The Morgan fingerprint density at radius 2 is 1.72 bits per heavy atom. The number of nitrogens with one attached hydrogen (secondary N) is 2. The molecule has 0 radical (unpaired) electrons. The first-order valence-electron chi connectivity index (χ1n) is 9.13. The summed E-state index contributed by atoms with van der Waals surface area (Å²) in [7, 11) is 1.56. The number of halogens is 3. The average Bonchev–Trinajstić information content (AvgIpc) is 2.70. The molecule has 1 aromatic heterocycles. The number of pyridine rings is 1. The van der Waals surface area contributed by atoms with Crippen LogP contribution >= 0.6 is 0 Å². The largest absolute Gasteiger partial charge is 0.481 e.